The summed E-state index contributed by atoms with van der Waals surface area (Å²) in [7, 11) is -1.09. The predicted octanol–water partition coefficient (Wildman–Crippen LogP) is 1.59. The van der Waals surface area contributed by atoms with Crippen LogP contribution < -0.4 is 10.9 Å². The number of carbonyl (C=O) groups excluding carboxylic acids is 2. The van der Waals surface area contributed by atoms with Crippen LogP contribution in [0.15, 0.2) is 29.2 Å². The molecular formula is C13H18N2O4S. The minimum atomic E-state index is -1.09. The summed E-state index contributed by atoms with van der Waals surface area (Å²) >= 11 is 0. The largest absolute Gasteiger partial charge is 0.449 e. The fourth-order valence-corrected chi connectivity index (χ4v) is 2.31. The molecule has 0 saturated carbocycles. The zero-order valence-electron chi connectivity index (χ0n) is 11.6. The maximum Gasteiger partial charge on any atom is 0.426 e. The molecule has 2 N–H and O–H groups in total. The Morgan fingerprint density at radius 2 is 1.80 bits per heavy atom. The molecule has 0 radical (unpaired) electrons. The second-order valence-corrected chi connectivity index (χ2v) is 6.18. The minimum absolute atomic E-state index is 0.0140. The van der Waals surface area contributed by atoms with Crippen molar-refractivity contribution in [1.29, 1.82) is 0 Å². The van der Waals surface area contributed by atoms with Gasteiger partial charge in [-0.05, 0) is 31.2 Å². The normalized spacial score (nSPS) is 11.8. The van der Waals surface area contributed by atoms with Gasteiger partial charge in [-0.2, -0.15) is 0 Å². The fraction of sp³-hybridized carbons (Fsp3) is 0.385. The number of amides is 2. The van der Waals surface area contributed by atoms with Gasteiger partial charge in [-0.25, -0.2) is 10.2 Å². The highest BCUT2D eigenvalue weighted by Crippen LogP contribution is 2.12. The monoisotopic (exact) mass is 298 g/mol. The van der Waals surface area contributed by atoms with Crippen LogP contribution in [0.25, 0.3) is 0 Å². The zero-order chi connectivity index (χ0) is 15.1. The maximum absolute atomic E-state index is 11.8. The van der Waals surface area contributed by atoms with Crippen molar-refractivity contribution in [1.82, 2.24) is 10.9 Å². The molecule has 1 rings (SSSR count). The first-order valence-corrected chi connectivity index (χ1v) is 7.40. The third-order valence-electron chi connectivity index (χ3n) is 2.33. The highest BCUT2D eigenvalue weighted by atomic mass is 32.2. The molecule has 1 aromatic carbocycles. The van der Waals surface area contributed by atoms with E-state index < -0.39 is 22.8 Å². The van der Waals surface area contributed by atoms with Crippen molar-refractivity contribution < 1.29 is 18.5 Å². The highest BCUT2D eigenvalue weighted by Gasteiger charge is 2.11. The van der Waals surface area contributed by atoms with Gasteiger partial charge in [0.2, 0.25) is 0 Å². The van der Waals surface area contributed by atoms with Gasteiger partial charge in [0.25, 0.3) is 5.91 Å². The lowest BCUT2D eigenvalue weighted by molar-refractivity contribution is 0.0912. The van der Waals surface area contributed by atoms with Crippen LogP contribution >= 0.6 is 0 Å². The summed E-state index contributed by atoms with van der Waals surface area (Å²) < 4.78 is 16.4. The lowest BCUT2D eigenvalue weighted by atomic mass is 10.2. The van der Waals surface area contributed by atoms with Crippen LogP contribution in [0.1, 0.15) is 31.1 Å². The summed E-state index contributed by atoms with van der Waals surface area (Å²) in [5, 5.41) is 0.0140. The Hall–Kier alpha value is -1.89. The lowest BCUT2D eigenvalue weighted by Gasteiger charge is -2.08. The second kappa shape index (κ2) is 7.64. The van der Waals surface area contributed by atoms with Gasteiger partial charge in [-0.3, -0.25) is 14.4 Å². The zero-order valence-corrected chi connectivity index (χ0v) is 12.5. The highest BCUT2D eigenvalue weighted by molar-refractivity contribution is 7.85. The summed E-state index contributed by atoms with van der Waals surface area (Å²) in [4.78, 5) is 23.4. The molecule has 1 unspecified atom stereocenters. The van der Waals surface area contributed by atoms with Gasteiger partial charge in [0.15, 0.2) is 0 Å². The first kappa shape index (κ1) is 16.2. The molecule has 0 aromatic heterocycles. The minimum Gasteiger partial charge on any atom is -0.449 e. The molecule has 0 spiro atoms. The van der Waals surface area contributed by atoms with Gasteiger partial charge in [0.05, 0.1) is 17.4 Å². The van der Waals surface area contributed by atoms with Crippen molar-refractivity contribution >= 4 is 22.8 Å². The molecule has 20 heavy (non-hydrogen) atoms. The molecule has 6 nitrogen and oxygen atoms in total. The number of hydrazine groups is 1. The molecule has 2 amide bonds. The Balaban J connectivity index is 2.62. The van der Waals surface area contributed by atoms with E-state index in [0.29, 0.717) is 10.5 Å². The summed E-state index contributed by atoms with van der Waals surface area (Å²) in [6.07, 6.45) is -0.724. The number of carbonyl (C=O) groups is 2. The van der Waals surface area contributed by atoms with Crippen LogP contribution in [0.5, 0.6) is 0 Å². The first-order chi connectivity index (χ1) is 9.45. The van der Waals surface area contributed by atoms with Crippen molar-refractivity contribution in [3.63, 3.8) is 0 Å². The summed E-state index contributed by atoms with van der Waals surface area (Å²) in [6, 6.07) is 6.38. The smallest absolute Gasteiger partial charge is 0.426 e. The molecule has 0 aliphatic heterocycles. The van der Waals surface area contributed by atoms with E-state index in [4.69, 9.17) is 0 Å². The van der Waals surface area contributed by atoms with Gasteiger partial charge in [-0.1, -0.05) is 13.8 Å². The van der Waals surface area contributed by atoms with E-state index >= 15 is 0 Å². The molecule has 0 aliphatic rings. The molecule has 7 heteroatoms. The fourth-order valence-electron chi connectivity index (χ4n) is 1.36. The molecule has 0 bridgehead atoms. The van der Waals surface area contributed by atoms with Crippen molar-refractivity contribution in [3.8, 4) is 0 Å². The van der Waals surface area contributed by atoms with Crippen LogP contribution in [0.4, 0.5) is 4.79 Å². The topological polar surface area (TPSA) is 84.5 Å². The van der Waals surface area contributed by atoms with E-state index in [-0.39, 0.29) is 11.9 Å². The Morgan fingerprint density at radius 1 is 1.20 bits per heavy atom. The molecule has 0 aliphatic carbocycles. The van der Waals surface area contributed by atoms with Crippen LogP contribution in [0.3, 0.4) is 0 Å². The Labute approximate surface area is 120 Å². The van der Waals surface area contributed by atoms with Gasteiger partial charge in [0.1, 0.15) is 0 Å². The quantitative estimate of drug-likeness (QED) is 0.827. The lowest BCUT2D eigenvalue weighted by Crippen LogP contribution is -2.41. The van der Waals surface area contributed by atoms with Crippen LogP contribution in [0.2, 0.25) is 0 Å². The summed E-state index contributed by atoms with van der Waals surface area (Å²) in [5.41, 5.74) is 4.69. The van der Waals surface area contributed by atoms with Crippen molar-refractivity contribution in [3.05, 3.63) is 29.8 Å². The average Bonchev–Trinajstić information content (AvgIpc) is 2.44. The van der Waals surface area contributed by atoms with Crippen molar-refractivity contribution in [2.24, 2.45) is 0 Å². The molecule has 110 valence electrons. The van der Waals surface area contributed by atoms with Crippen molar-refractivity contribution in [2.75, 3.05) is 6.61 Å². The second-order valence-electron chi connectivity index (χ2n) is 4.17. The third-order valence-corrected chi connectivity index (χ3v) is 3.92. The van der Waals surface area contributed by atoms with E-state index in [1.165, 1.54) is 0 Å². The number of rotatable bonds is 4. The third kappa shape index (κ3) is 4.65. The van der Waals surface area contributed by atoms with Gasteiger partial charge >= 0.3 is 6.09 Å². The van der Waals surface area contributed by atoms with Crippen LogP contribution in [-0.2, 0) is 15.5 Å². The summed E-state index contributed by atoms with van der Waals surface area (Å²) in [5.74, 6) is -0.472. The Morgan fingerprint density at radius 3 is 2.30 bits per heavy atom. The number of hydrogen-bond acceptors (Lipinski definition) is 4. The van der Waals surface area contributed by atoms with Crippen molar-refractivity contribution in [2.45, 2.75) is 30.9 Å². The van der Waals surface area contributed by atoms with Gasteiger partial charge in [-0.15, -0.1) is 0 Å². The first-order valence-electron chi connectivity index (χ1n) is 6.19. The predicted molar refractivity (Wildman–Crippen MR) is 75.6 cm³/mol. The van der Waals surface area contributed by atoms with E-state index in [9.17, 15) is 13.8 Å². The van der Waals surface area contributed by atoms with E-state index in [1.54, 1.807) is 31.2 Å². The van der Waals surface area contributed by atoms with Gasteiger partial charge < -0.3 is 4.74 Å². The maximum atomic E-state index is 11.8. The van der Waals surface area contributed by atoms with Crippen LogP contribution in [-0.4, -0.2) is 28.1 Å². The SMILES string of the molecule is CCOC(=O)NNC(=O)c1ccc(S(=O)C(C)C)cc1. The summed E-state index contributed by atoms with van der Waals surface area (Å²) in [6.45, 7) is 5.60. The average molecular weight is 298 g/mol. The van der Waals surface area contributed by atoms with Crippen LogP contribution in [0, 0.1) is 0 Å². The number of hydrogen-bond donors (Lipinski definition) is 2. The molecular weight excluding hydrogens is 280 g/mol. The number of benzene rings is 1. The Bertz CT molecular complexity index is 500. The number of nitrogens with one attached hydrogen (secondary N) is 2. The van der Waals surface area contributed by atoms with E-state index in [0.717, 1.165) is 0 Å². The number of ether oxygens (including phenoxy) is 1. The van der Waals surface area contributed by atoms with E-state index in [2.05, 4.69) is 15.6 Å². The molecule has 1 atom stereocenters. The Kier molecular flexibility index (Phi) is 6.17. The molecule has 0 heterocycles. The molecule has 0 saturated heterocycles. The molecule has 0 fully saturated rings. The van der Waals surface area contributed by atoms with E-state index in [1.807, 2.05) is 13.8 Å². The standard InChI is InChI=1S/C13H18N2O4S/c1-4-19-13(17)15-14-12(16)10-5-7-11(8-6-10)20(18)9(2)3/h5-9H,4H2,1-3H3,(H,14,16)(H,15,17). The molecule has 1 aromatic rings. The van der Waals surface area contributed by atoms with Gasteiger partial charge in [0, 0.05) is 15.7 Å².